The first kappa shape index (κ1) is 17.3. The SMILES string of the molecule is CC[C@@H]1CN([C@@H](C)C(=O)Nc2nccs2)CCN1C[C@H](C)O. The Morgan fingerprint density at radius 1 is 1.55 bits per heavy atom. The topological polar surface area (TPSA) is 68.7 Å². The van der Waals surface area contributed by atoms with Crippen molar-refractivity contribution in [3.05, 3.63) is 11.6 Å². The van der Waals surface area contributed by atoms with Gasteiger partial charge in [0.05, 0.1) is 12.1 Å². The zero-order valence-electron chi connectivity index (χ0n) is 13.5. The molecule has 7 heteroatoms. The summed E-state index contributed by atoms with van der Waals surface area (Å²) < 4.78 is 0. The van der Waals surface area contributed by atoms with Gasteiger partial charge < -0.3 is 10.4 Å². The van der Waals surface area contributed by atoms with Gasteiger partial charge in [0, 0.05) is 43.8 Å². The van der Waals surface area contributed by atoms with Crippen molar-refractivity contribution in [3.8, 4) is 0 Å². The molecule has 3 atom stereocenters. The number of carbonyl (C=O) groups is 1. The summed E-state index contributed by atoms with van der Waals surface area (Å²) in [6.07, 6.45) is 2.39. The van der Waals surface area contributed by atoms with Gasteiger partial charge in [-0.25, -0.2) is 4.98 Å². The molecular formula is C15H26N4O2S. The van der Waals surface area contributed by atoms with Gasteiger partial charge in [-0.15, -0.1) is 11.3 Å². The summed E-state index contributed by atoms with van der Waals surface area (Å²) in [7, 11) is 0. The molecule has 124 valence electrons. The molecule has 0 radical (unpaired) electrons. The molecule has 0 bridgehead atoms. The summed E-state index contributed by atoms with van der Waals surface area (Å²) >= 11 is 1.43. The van der Waals surface area contributed by atoms with E-state index in [0.29, 0.717) is 17.7 Å². The summed E-state index contributed by atoms with van der Waals surface area (Å²) in [5.74, 6) is -0.00576. The third-order valence-electron chi connectivity index (χ3n) is 4.20. The Labute approximate surface area is 136 Å². The maximum Gasteiger partial charge on any atom is 0.243 e. The molecule has 1 aliphatic rings. The lowest BCUT2D eigenvalue weighted by Gasteiger charge is -2.43. The average molecular weight is 326 g/mol. The van der Waals surface area contributed by atoms with Gasteiger partial charge in [0.15, 0.2) is 5.13 Å². The van der Waals surface area contributed by atoms with Crippen LogP contribution in [0.2, 0.25) is 0 Å². The zero-order chi connectivity index (χ0) is 16.1. The third kappa shape index (κ3) is 4.49. The van der Waals surface area contributed by atoms with E-state index in [1.165, 1.54) is 11.3 Å². The minimum atomic E-state index is -0.314. The second-order valence-corrected chi connectivity index (χ2v) is 6.80. The monoisotopic (exact) mass is 326 g/mol. The van der Waals surface area contributed by atoms with Crippen molar-refractivity contribution >= 4 is 22.4 Å². The first-order valence-electron chi connectivity index (χ1n) is 7.87. The van der Waals surface area contributed by atoms with Crippen LogP contribution in [-0.4, -0.2) is 70.2 Å². The van der Waals surface area contributed by atoms with Crippen LogP contribution in [0.4, 0.5) is 5.13 Å². The molecule has 0 saturated carbocycles. The lowest BCUT2D eigenvalue weighted by Crippen LogP contribution is -2.58. The van der Waals surface area contributed by atoms with Crippen LogP contribution in [0.25, 0.3) is 0 Å². The molecule has 1 aromatic heterocycles. The highest BCUT2D eigenvalue weighted by Gasteiger charge is 2.31. The number of amides is 1. The Balaban J connectivity index is 1.91. The number of aliphatic hydroxyl groups excluding tert-OH is 1. The largest absolute Gasteiger partial charge is 0.392 e. The number of rotatable bonds is 6. The Kier molecular flexibility index (Phi) is 6.31. The van der Waals surface area contributed by atoms with Gasteiger partial charge in [-0.05, 0) is 20.3 Å². The molecule has 1 aliphatic heterocycles. The predicted octanol–water partition coefficient (Wildman–Crippen LogP) is 1.25. The molecule has 0 aliphatic carbocycles. The van der Waals surface area contributed by atoms with Gasteiger partial charge in [-0.3, -0.25) is 14.6 Å². The number of hydrogen-bond donors (Lipinski definition) is 2. The number of β-amino-alcohol motifs (C(OH)–C–C–N with tert-alkyl or cyclic N) is 1. The molecule has 6 nitrogen and oxygen atoms in total. The highest BCUT2D eigenvalue weighted by molar-refractivity contribution is 7.13. The van der Waals surface area contributed by atoms with Crippen LogP contribution in [0.3, 0.4) is 0 Å². The molecule has 1 amide bonds. The number of aromatic nitrogens is 1. The van der Waals surface area contributed by atoms with Crippen LogP contribution in [0.1, 0.15) is 27.2 Å². The van der Waals surface area contributed by atoms with Gasteiger partial charge >= 0.3 is 0 Å². The van der Waals surface area contributed by atoms with Crippen LogP contribution in [-0.2, 0) is 4.79 Å². The van der Waals surface area contributed by atoms with E-state index in [1.807, 2.05) is 19.2 Å². The van der Waals surface area contributed by atoms with Crippen molar-refractivity contribution in [2.24, 2.45) is 0 Å². The van der Waals surface area contributed by atoms with E-state index < -0.39 is 0 Å². The van der Waals surface area contributed by atoms with E-state index in [-0.39, 0.29) is 18.1 Å². The number of aliphatic hydroxyl groups is 1. The van der Waals surface area contributed by atoms with E-state index in [4.69, 9.17) is 0 Å². The van der Waals surface area contributed by atoms with E-state index in [9.17, 15) is 9.90 Å². The van der Waals surface area contributed by atoms with Crippen molar-refractivity contribution < 1.29 is 9.90 Å². The number of hydrogen-bond acceptors (Lipinski definition) is 6. The molecule has 22 heavy (non-hydrogen) atoms. The van der Waals surface area contributed by atoms with Crippen LogP contribution in [0, 0.1) is 0 Å². The number of thiazole rings is 1. The summed E-state index contributed by atoms with van der Waals surface area (Å²) in [5, 5.41) is 15.0. The summed E-state index contributed by atoms with van der Waals surface area (Å²) in [4.78, 5) is 21.0. The second kappa shape index (κ2) is 8.01. The smallest absolute Gasteiger partial charge is 0.243 e. The van der Waals surface area contributed by atoms with Crippen LogP contribution >= 0.6 is 11.3 Å². The van der Waals surface area contributed by atoms with Crippen molar-refractivity contribution in [1.82, 2.24) is 14.8 Å². The van der Waals surface area contributed by atoms with Crippen molar-refractivity contribution in [2.45, 2.75) is 45.4 Å². The minimum absolute atomic E-state index is 0.00576. The van der Waals surface area contributed by atoms with Gasteiger partial charge in [0.2, 0.25) is 5.91 Å². The summed E-state index contributed by atoms with van der Waals surface area (Å²) in [6, 6.07) is 0.213. The number of piperazine rings is 1. The Bertz CT molecular complexity index is 466. The van der Waals surface area contributed by atoms with E-state index in [1.54, 1.807) is 6.20 Å². The summed E-state index contributed by atoms with van der Waals surface area (Å²) in [6.45, 7) is 9.21. The van der Waals surface area contributed by atoms with Gasteiger partial charge in [-0.1, -0.05) is 6.92 Å². The number of anilines is 1. The quantitative estimate of drug-likeness (QED) is 0.823. The fraction of sp³-hybridized carbons (Fsp3) is 0.733. The molecule has 0 aromatic carbocycles. The standard InChI is InChI=1S/C15H26N4O2S/c1-4-13-10-18(6-7-19(13)9-11(2)20)12(3)14(21)17-15-16-5-8-22-15/h5,8,11-13,20H,4,6-7,9-10H2,1-3H3,(H,16,17,21)/t11-,12-,13+/m0/s1. The van der Waals surface area contributed by atoms with Gasteiger partial charge in [-0.2, -0.15) is 0 Å². The highest BCUT2D eigenvalue weighted by atomic mass is 32.1. The minimum Gasteiger partial charge on any atom is -0.392 e. The average Bonchev–Trinajstić information content (AvgIpc) is 2.99. The predicted molar refractivity (Wildman–Crippen MR) is 89.1 cm³/mol. The number of nitrogens with zero attached hydrogens (tertiary/aromatic N) is 3. The Morgan fingerprint density at radius 2 is 2.32 bits per heavy atom. The molecule has 1 aromatic rings. The Hall–Kier alpha value is -1.02. The van der Waals surface area contributed by atoms with E-state index in [2.05, 4.69) is 27.0 Å². The van der Waals surface area contributed by atoms with Gasteiger partial charge in [0.1, 0.15) is 0 Å². The molecule has 2 heterocycles. The van der Waals surface area contributed by atoms with Crippen LogP contribution in [0.15, 0.2) is 11.6 Å². The maximum atomic E-state index is 12.3. The normalized spacial score (nSPS) is 23.2. The molecule has 1 saturated heterocycles. The first-order chi connectivity index (χ1) is 10.5. The van der Waals surface area contributed by atoms with Crippen molar-refractivity contribution in [1.29, 1.82) is 0 Å². The third-order valence-corrected chi connectivity index (χ3v) is 4.88. The molecular weight excluding hydrogens is 300 g/mol. The second-order valence-electron chi connectivity index (χ2n) is 5.90. The lowest BCUT2D eigenvalue weighted by molar-refractivity contribution is -0.122. The Morgan fingerprint density at radius 3 is 2.91 bits per heavy atom. The number of nitrogens with one attached hydrogen (secondary N) is 1. The van der Waals surface area contributed by atoms with Gasteiger partial charge in [0.25, 0.3) is 0 Å². The molecule has 2 rings (SSSR count). The molecule has 0 unspecified atom stereocenters. The molecule has 1 fully saturated rings. The van der Waals surface area contributed by atoms with E-state index in [0.717, 1.165) is 26.1 Å². The first-order valence-corrected chi connectivity index (χ1v) is 8.75. The fourth-order valence-corrected chi connectivity index (χ4v) is 3.43. The lowest BCUT2D eigenvalue weighted by atomic mass is 10.1. The summed E-state index contributed by atoms with van der Waals surface area (Å²) in [5.41, 5.74) is 0. The maximum absolute atomic E-state index is 12.3. The zero-order valence-corrected chi connectivity index (χ0v) is 14.3. The van der Waals surface area contributed by atoms with E-state index >= 15 is 0 Å². The fourth-order valence-electron chi connectivity index (χ4n) is 2.90. The molecule has 2 N–H and O–H groups in total. The van der Waals surface area contributed by atoms with Crippen LogP contribution in [0.5, 0.6) is 0 Å². The number of carbonyl (C=O) groups excluding carboxylic acids is 1. The van der Waals surface area contributed by atoms with Crippen LogP contribution < -0.4 is 5.32 Å². The molecule has 0 spiro atoms. The van der Waals surface area contributed by atoms with Crippen molar-refractivity contribution in [2.75, 3.05) is 31.5 Å². The highest BCUT2D eigenvalue weighted by Crippen LogP contribution is 2.17. The van der Waals surface area contributed by atoms with Crippen molar-refractivity contribution in [3.63, 3.8) is 0 Å².